The molecule has 0 saturated heterocycles. The third-order valence-electron chi connectivity index (χ3n) is 3.07. The molecule has 0 heterocycles. The normalized spacial score (nSPS) is 12.2. The van der Waals surface area contributed by atoms with E-state index >= 15 is 0 Å². The van der Waals surface area contributed by atoms with Crippen LogP contribution in [-0.4, -0.2) is 7.11 Å². The summed E-state index contributed by atoms with van der Waals surface area (Å²) in [7, 11) is 1.44. The molecule has 0 saturated carbocycles. The third-order valence-corrected chi connectivity index (χ3v) is 4.29. The maximum Gasteiger partial charge on any atom is 0.168 e. The van der Waals surface area contributed by atoms with Gasteiger partial charge in [-0.05, 0) is 51.7 Å². The number of methoxy groups -OCH3 is 1. The van der Waals surface area contributed by atoms with Gasteiger partial charge in [-0.2, -0.15) is 0 Å². The molecule has 2 N–H and O–H groups in total. The summed E-state index contributed by atoms with van der Waals surface area (Å²) in [5, 5.41) is 0.619. The first kappa shape index (κ1) is 15.3. The Morgan fingerprint density at radius 1 is 1.35 bits per heavy atom. The van der Waals surface area contributed by atoms with Crippen LogP contribution in [0.3, 0.4) is 0 Å². The molecule has 0 aliphatic carbocycles. The summed E-state index contributed by atoms with van der Waals surface area (Å²) >= 11 is 9.30. The van der Waals surface area contributed by atoms with Crippen LogP contribution in [0.25, 0.3) is 0 Å². The molecule has 0 amide bonds. The Bertz CT molecular complexity index is 621. The van der Waals surface area contributed by atoms with E-state index < -0.39 is 0 Å². The van der Waals surface area contributed by atoms with E-state index in [1.165, 1.54) is 7.11 Å². The molecule has 0 aliphatic heterocycles. The second-order valence-corrected chi connectivity index (χ2v) is 5.68. The zero-order chi connectivity index (χ0) is 14.7. The van der Waals surface area contributed by atoms with Crippen LogP contribution in [0.2, 0.25) is 5.02 Å². The molecule has 0 aromatic heterocycles. The Kier molecular flexibility index (Phi) is 5.02. The van der Waals surface area contributed by atoms with Gasteiger partial charge in [-0.25, -0.2) is 4.39 Å². The number of ether oxygens (including phenoxy) is 1. The topological polar surface area (TPSA) is 35.2 Å². The maximum absolute atomic E-state index is 14.1. The zero-order valence-corrected chi connectivity index (χ0v) is 13.2. The second-order valence-electron chi connectivity index (χ2n) is 4.42. The van der Waals surface area contributed by atoms with Crippen LogP contribution in [0.5, 0.6) is 5.75 Å². The highest BCUT2D eigenvalue weighted by molar-refractivity contribution is 9.10. The van der Waals surface area contributed by atoms with E-state index in [2.05, 4.69) is 15.9 Å². The Morgan fingerprint density at radius 3 is 2.75 bits per heavy atom. The van der Waals surface area contributed by atoms with Crippen molar-refractivity contribution in [3.05, 3.63) is 62.8 Å². The quantitative estimate of drug-likeness (QED) is 0.874. The first-order chi connectivity index (χ1) is 9.52. The number of rotatable bonds is 4. The molecular formula is C15H14BrClFNO. The average molecular weight is 359 g/mol. The molecule has 2 aromatic rings. The van der Waals surface area contributed by atoms with E-state index in [-0.39, 0.29) is 17.6 Å². The van der Waals surface area contributed by atoms with Gasteiger partial charge in [0.05, 0.1) is 12.1 Å². The minimum absolute atomic E-state index is 0.229. The Morgan fingerprint density at radius 2 is 2.10 bits per heavy atom. The van der Waals surface area contributed by atoms with Crippen molar-refractivity contribution in [2.75, 3.05) is 7.11 Å². The second kappa shape index (κ2) is 6.57. The lowest BCUT2D eigenvalue weighted by atomic mass is 9.99. The zero-order valence-electron chi connectivity index (χ0n) is 10.9. The SMILES string of the molecule is COc1cccc(CC(N)c2ccc(Cl)c(Br)c2)c1F. The summed E-state index contributed by atoms with van der Waals surface area (Å²) in [5.74, 6) is -0.134. The van der Waals surface area contributed by atoms with Gasteiger partial charge in [0.25, 0.3) is 0 Å². The van der Waals surface area contributed by atoms with E-state index in [4.69, 9.17) is 22.1 Å². The van der Waals surface area contributed by atoms with Crippen molar-refractivity contribution in [3.8, 4) is 5.75 Å². The summed E-state index contributed by atoms with van der Waals surface area (Å²) < 4.78 is 19.8. The Labute approximate surface area is 130 Å². The first-order valence-corrected chi connectivity index (χ1v) is 7.22. The minimum atomic E-state index is -0.363. The summed E-state index contributed by atoms with van der Waals surface area (Å²) in [5.41, 5.74) is 7.56. The number of nitrogens with two attached hydrogens (primary N) is 1. The fourth-order valence-electron chi connectivity index (χ4n) is 1.97. The van der Waals surface area contributed by atoms with Crippen molar-refractivity contribution in [1.82, 2.24) is 0 Å². The summed E-state index contributed by atoms with van der Waals surface area (Å²) in [6, 6.07) is 10.2. The number of benzene rings is 2. The maximum atomic E-state index is 14.1. The fraction of sp³-hybridized carbons (Fsp3) is 0.200. The molecule has 5 heteroatoms. The number of halogens is 3. The van der Waals surface area contributed by atoms with Crippen molar-refractivity contribution in [2.45, 2.75) is 12.5 Å². The molecule has 0 aliphatic rings. The highest BCUT2D eigenvalue weighted by Gasteiger charge is 2.14. The molecule has 20 heavy (non-hydrogen) atoms. The summed E-state index contributed by atoms with van der Waals surface area (Å²) in [4.78, 5) is 0. The standard InChI is InChI=1S/C15H14BrClFNO/c1-20-14-4-2-3-10(15(14)18)8-13(19)9-5-6-12(17)11(16)7-9/h2-7,13H,8,19H2,1H3. The van der Waals surface area contributed by atoms with Crippen molar-refractivity contribution >= 4 is 27.5 Å². The van der Waals surface area contributed by atoms with Gasteiger partial charge in [-0.15, -0.1) is 0 Å². The molecule has 0 spiro atoms. The van der Waals surface area contributed by atoms with Crippen molar-refractivity contribution in [3.63, 3.8) is 0 Å². The molecule has 2 nitrogen and oxygen atoms in total. The Balaban J connectivity index is 2.23. The van der Waals surface area contributed by atoms with Crippen LogP contribution in [0.4, 0.5) is 4.39 Å². The largest absolute Gasteiger partial charge is 0.494 e. The van der Waals surface area contributed by atoms with E-state index in [9.17, 15) is 4.39 Å². The molecule has 0 fully saturated rings. The minimum Gasteiger partial charge on any atom is -0.494 e. The molecule has 1 atom stereocenters. The summed E-state index contributed by atoms with van der Waals surface area (Å²) in [6.07, 6.45) is 0.386. The average Bonchev–Trinajstić information content (AvgIpc) is 2.44. The van der Waals surface area contributed by atoms with Crippen LogP contribution in [-0.2, 0) is 6.42 Å². The van der Waals surface area contributed by atoms with Crippen LogP contribution >= 0.6 is 27.5 Å². The highest BCUT2D eigenvalue weighted by atomic mass is 79.9. The van der Waals surface area contributed by atoms with Gasteiger partial charge < -0.3 is 10.5 Å². The van der Waals surface area contributed by atoms with Gasteiger partial charge in [0.15, 0.2) is 11.6 Å². The third kappa shape index (κ3) is 3.32. The van der Waals surface area contributed by atoms with E-state index in [1.807, 2.05) is 12.1 Å². The first-order valence-electron chi connectivity index (χ1n) is 6.05. The van der Waals surface area contributed by atoms with Crippen LogP contribution in [0.1, 0.15) is 17.2 Å². The van der Waals surface area contributed by atoms with E-state index in [0.717, 1.165) is 10.0 Å². The molecule has 1 unspecified atom stereocenters. The predicted molar refractivity (Wildman–Crippen MR) is 82.7 cm³/mol. The monoisotopic (exact) mass is 357 g/mol. The van der Waals surface area contributed by atoms with Crippen molar-refractivity contribution in [2.24, 2.45) is 5.73 Å². The van der Waals surface area contributed by atoms with E-state index in [0.29, 0.717) is 17.0 Å². The number of hydrogen-bond acceptors (Lipinski definition) is 2. The van der Waals surface area contributed by atoms with Gasteiger partial charge in [-0.1, -0.05) is 29.8 Å². The number of hydrogen-bond donors (Lipinski definition) is 1. The van der Waals surface area contributed by atoms with Gasteiger partial charge in [0.1, 0.15) is 0 Å². The molecule has 0 radical (unpaired) electrons. The molecule has 106 valence electrons. The van der Waals surface area contributed by atoms with Gasteiger partial charge in [0.2, 0.25) is 0 Å². The van der Waals surface area contributed by atoms with Crippen LogP contribution in [0, 0.1) is 5.82 Å². The Hall–Kier alpha value is -1.10. The smallest absolute Gasteiger partial charge is 0.168 e. The predicted octanol–water partition coefficient (Wildman–Crippen LogP) is 4.49. The van der Waals surface area contributed by atoms with Gasteiger partial charge in [-0.3, -0.25) is 0 Å². The van der Waals surface area contributed by atoms with Crippen molar-refractivity contribution < 1.29 is 9.13 Å². The summed E-state index contributed by atoms with van der Waals surface area (Å²) in [6.45, 7) is 0. The molecule has 2 aromatic carbocycles. The van der Waals surface area contributed by atoms with E-state index in [1.54, 1.807) is 24.3 Å². The lowest BCUT2D eigenvalue weighted by Crippen LogP contribution is -2.14. The molecule has 2 rings (SSSR count). The lowest BCUT2D eigenvalue weighted by molar-refractivity contribution is 0.383. The highest BCUT2D eigenvalue weighted by Crippen LogP contribution is 2.28. The van der Waals surface area contributed by atoms with Gasteiger partial charge >= 0.3 is 0 Å². The van der Waals surface area contributed by atoms with Crippen LogP contribution < -0.4 is 10.5 Å². The molecule has 0 bridgehead atoms. The lowest BCUT2D eigenvalue weighted by Gasteiger charge is -2.14. The molecular weight excluding hydrogens is 345 g/mol. The van der Waals surface area contributed by atoms with Gasteiger partial charge in [0, 0.05) is 10.5 Å². The van der Waals surface area contributed by atoms with Crippen molar-refractivity contribution in [1.29, 1.82) is 0 Å². The van der Waals surface area contributed by atoms with Crippen LogP contribution in [0.15, 0.2) is 40.9 Å². The fourth-order valence-corrected chi connectivity index (χ4v) is 2.48.